The highest BCUT2D eigenvalue weighted by molar-refractivity contribution is 5.71. The molecule has 0 aromatic heterocycles. The monoisotopic (exact) mass is 973 g/mol. The van der Waals surface area contributed by atoms with Gasteiger partial charge in [-0.3, -0.25) is 14.4 Å². The summed E-state index contributed by atoms with van der Waals surface area (Å²) in [7, 11) is 0. The first-order valence-corrected chi connectivity index (χ1v) is 31.2. The quantitative estimate of drug-likeness (QED) is 0.0261. The lowest BCUT2D eigenvalue weighted by atomic mass is 10.0. The number of hydrogen-bond acceptors (Lipinski definition) is 6. The summed E-state index contributed by atoms with van der Waals surface area (Å²) in [5, 5.41) is 0. The number of ether oxygens (including phenoxy) is 3. The molecule has 0 heterocycles. The fraction of sp³-hybridized carbons (Fsp3) is 0.921. The number of carbonyl (C=O) groups excluding carboxylic acids is 3. The number of allylic oxidation sites excluding steroid dienone is 2. The average Bonchev–Trinajstić information content (AvgIpc) is 3.35. The average molecular weight is 974 g/mol. The van der Waals surface area contributed by atoms with Crippen LogP contribution in [0.4, 0.5) is 0 Å². The van der Waals surface area contributed by atoms with E-state index in [9.17, 15) is 14.4 Å². The van der Waals surface area contributed by atoms with Crippen molar-refractivity contribution in [3.05, 3.63) is 12.2 Å². The standard InChI is InChI=1S/C63H120O6/c1-4-7-10-13-16-19-21-23-25-26-27-28-29-30-31-32-33-34-35-36-37-38-40-41-44-47-50-53-56-62(65)68-59-60(58-67-61(64)55-52-49-46-43-18-15-12-9-6-3)69-63(66)57-54-51-48-45-42-39-24-22-20-17-14-11-8-5-2/h22,24,60H,4-21,23,25-59H2,1-3H3/b24-22-. The SMILES string of the molecule is CCCCCCC/C=C\CCCCCCCC(=O)OC(COC(=O)CCCCCCCCCCC)COC(=O)CCCCCCCCCCCCCCCCCCCCCCCCCCCCCC. The summed E-state index contributed by atoms with van der Waals surface area (Å²) in [4.78, 5) is 38.0. The molecule has 0 saturated heterocycles. The molecule has 0 aromatic rings. The first-order valence-electron chi connectivity index (χ1n) is 31.2. The predicted octanol–water partition coefficient (Wildman–Crippen LogP) is 20.9. The van der Waals surface area contributed by atoms with Gasteiger partial charge in [0.25, 0.3) is 0 Å². The summed E-state index contributed by atoms with van der Waals surface area (Å²) in [5.74, 6) is -0.856. The molecular weight excluding hydrogens is 853 g/mol. The Morgan fingerprint density at radius 2 is 0.478 bits per heavy atom. The van der Waals surface area contributed by atoms with Gasteiger partial charge in [0, 0.05) is 19.3 Å². The second-order valence-corrected chi connectivity index (χ2v) is 21.3. The third-order valence-electron chi connectivity index (χ3n) is 14.3. The fourth-order valence-corrected chi connectivity index (χ4v) is 9.56. The minimum absolute atomic E-state index is 0.0678. The van der Waals surface area contributed by atoms with Gasteiger partial charge >= 0.3 is 17.9 Å². The van der Waals surface area contributed by atoms with Crippen molar-refractivity contribution in [2.24, 2.45) is 0 Å². The summed E-state index contributed by atoms with van der Waals surface area (Å²) >= 11 is 0. The van der Waals surface area contributed by atoms with Crippen LogP contribution in [0.1, 0.15) is 355 Å². The zero-order chi connectivity index (χ0) is 50.0. The van der Waals surface area contributed by atoms with Crippen molar-refractivity contribution < 1.29 is 28.6 Å². The molecule has 0 aliphatic carbocycles. The Kier molecular flexibility index (Phi) is 57.1. The van der Waals surface area contributed by atoms with Crippen molar-refractivity contribution in [2.75, 3.05) is 13.2 Å². The van der Waals surface area contributed by atoms with Crippen molar-refractivity contribution in [1.29, 1.82) is 0 Å². The van der Waals surface area contributed by atoms with Gasteiger partial charge in [-0.25, -0.2) is 0 Å². The molecule has 69 heavy (non-hydrogen) atoms. The van der Waals surface area contributed by atoms with Crippen molar-refractivity contribution in [3.63, 3.8) is 0 Å². The molecule has 6 nitrogen and oxygen atoms in total. The molecule has 0 fully saturated rings. The van der Waals surface area contributed by atoms with E-state index in [1.165, 1.54) is 250 Å². The highest BCUT2D eigenvalue weighted by atomic mass is 16.6. The molecule has 0 saturated carbocycles. The van der Waals surface area contributed by atoms with Gasteiger partial charge in [-0.1, -0.05) is 303 Å². The molecule has 0 rings (SSSR count). The summed E-state index contributed by atoms with van der Waals surface area (Å²) in [6.07, 6.45) is 68.1. The lowest BCUT2D eigenvalue weighted by Gasteiger charge is -2.18. The first-order chi connectivity index (χ1) is 34.0. The summed E-state index contributed by atoms with van der Waals surface area (Å²) in [6.45, 7) is 6.66. The third kappa shape index (κ3) is 56.9. The molecular formula is C63H120O6. The fourth-order valence-electron chi connectivity index (χ4n) is 9.56. The van der Waals surface area contributed by atoms with Crippen LogP contribution in [0.15, 0.2) is 12.2 Å². The molecule has 0 spiro atoms. The normalized spacial score (nSPS) is 12.0. The Hall–Kier alpha value is -1.85. The van der Waals surface area contributed by atoms with Gasteiger partial charge in [0.1, 0.15) is 13.2 Å². The van der Waals surface area contributed by atoms with Gasteiger partial charge in [-0.15, -0.1) is 0 Å². The molecule has 0 N–H and O–H groups in total. The van der Waals surface area contributed by atoms with Gasteiger partial charge in [0.2, 0.25) is 0 Å². The van der Waals surface area contributed by atoms with E-state index in [-0.39, 0.29) is 31.1 Å². The van der Waals surface area contributed by atoms with Crippen LogP contribution in [0.25, 0.3) is 0 Å². The van der Waals surface area contributed by atoms with E-state index in [2.05, 4.69) is 32.9 Å². The van der Waals surface area contributed by atoms with Gasteiger partial charge in [-0.05, 0) is 44.9 Å². The van der Waals surface area contributed by atoms with Gasteiger partial charge in [0.05, 0.1) is 0 Å². The van der Waals surface area contributed by atoms with Crippen molar-refractivity contribution in [3.8, 4) is 0 Å². The largest absolute Gasteiger partial charge is 0.462 e. The summed E-state index contributed by atoms with van der Waals surface area (Å²) < 4.78 is 16.8. The van der Waals surface area contributed by atoms with Crippen LogP contribution in [0.5, 0.6) is 0 Å². The van der Waals surface area contributed by atoms with E-state index >= 15 is 0 Å². The molecule has 6 heteroatoms. The van der Waals surface area contributed by atoms with E-state index in [0.717, 1.165) is 64.2 Å². The minimum Gasteiger partial charge on any atom is -0.462 e. The Labute approximate surface area is 431 Å². The molecule has 408 valence electrons. The molecule has 0 aliphatic rings. The van der Waals surface area contributed by atoms with Crippen LogP contribution in [0.3, 0.4) is 0 Å². The van der Waals surface area contributed by atoms with Crippen molar-refractivity contribution >= 4 is 17.9 Å². The molecule has 0 radical (unpaired) electrons. The zero-order valence-corrected chi connectivity index (χ0v) is 46.9. The molecule has 0 bridgehead atoms. The second-order valence-electron chi connectivity index (χ2n) is 21.3. The van der Waals surface area contributed by atoms with E-state index in [4.69, 9.17) is 14.2 Å². The molecule has 0 amide bonds. The minimum atomic E-state index is -0.768. The highest BCUT2D eigenvalue weighted by Crippen LogP contribution is 2.18. The summed E-state index contributed by atoms with van der Waals surface area (Å²) in [6, 6.07) is 0. The van der Waals surface area contributed by atoms with Gasteiger partial charge in [0.15, 0.2) is 6.10 Å². The lowest BCUT2D eigenvalue weighted by Crippen LogP contribution is -2.30. The number of rotatable bonds is 58. The number of carbonyl (C=O) groups is 3. The van der Waals surface area contributed by atoms with Gasteiger partial charge < -0.3 is 14.2 Å². The molecule has 0 aromatic carbocycles. The smallest absolute Gasteiger partial charge is 0.306 e. The van der Waals surface area contributed by atoms with Crippen LogP contribution in [-0.4, -0.2) is 37.2 Å². The maximum Gasteiger partial charge on any atom is 0.306 e. The maximum absolute atomic E-state index is 12.8. The molecule has 0 aliphatic heterocycles. The van der Waals surface area contributed by atoms with E-state index in [1.807, 2.05) is 0 Å². The lowest BCUT2D eigenvalue weighted by molar-refractivity contribution is -0.167. The van der Waals surface area contributed by atoms with Crippen molar-refractivity contribution in [1.82, 2.24) is 0 Å². The van der Waals surface area contributed by atoms with E-state index in [1.54, 1.807) is 0 Å². The van der Waals surface area contributed by atoms with Crippen LogP contribution < -0.4 is 0 Å². The Balaban J connectivity index is 4.05. The Morgan fingerprint density at radius 3 is 0.725 bits per heavy atom. The zero-order valence-electron chi connectivity index (χ0n) is 46.9. The van der Waals surface area contributed by atoms with E-state index < -0.39 is 6.10 Å². The second kappa shape index (κ2) is 58.7. The van der Waals surface area contributed by atoms with Crippen LogP contribution in [0, 0.1) is 0 Å². The van der Waals surface area contributed by atoms with Crippen LogP contribution in [0.2, 0.25) is 0 Å². The number of unbranched alkanes of at least 4 members (excludes halogenated alkanes) is 45. The number of hydrogen-bond donors (Lipinski definition) is 0. The van der Waals surface area contributed by atoms with Crippen molar-refractivity contribution in [2.45, 2.75) is 361 Å². The predicted molar refractivity (Wildman–Crippen MR) is 298 cm³/mol. The first kappa shape index (κ1) is 67.1. The molecule has 1 unspecified atom stereocenters. The van der Waals surface area contributed by atoms with Crippen LogP contribution in [-0.2, 0) is 28.6 Å². The highest BCUT2D eigenvalue weighted by Gasteiger charge is 2.19. The molecule has 1 atom stereocenters. The summed E-state index contributed by atoms with van der Waals surface area (Å²) in [5.41, 5.74) is 0. The van der Waals surface area contributed by atoms with E-state index in [0.29, 0.717) is 19.3 Å². The maximum atomic E-state index is 12.8. The Morgan fingerprint density at radius 1 is 0.275 bits per heavy atom. The van der Waals surface area contributed by atoms with Gasteiger partial charge in [-0.2, -0.15) is 0 Å². The van der Waals surface area contributed by atoms with Crippen LogP contribution >= 0.6 is 0 Å². The third-order valence-corrected chi connectivity index (χ3v) is 14.3. The number of esters is 3. The topological polar surface area (TPSA) is 78.9 Å². The Bertz CT molecular complexity index is 1070.